The number of Topliss-reactive ketones (excluding diaryl/α,β-unsaturated/α-hetero) is 1. The summed E-state index contributed by atoms with van der Waals surface area (Å²) in [7, 11) is 0. The van der Waals surface area contributed by atoms with Gasteiger partial charge in [0.1, 0.15) is 5.78 Å². The molecule has 4 rings (SSSR count). The molecule has 0 radical (unpaired) electrons. The van der Waals surface area contributed by atoms with Crippen molar-refractivity contribution in [3.63, 3.8) is 0 Å². The van der Waals surface area contributed by atoms with Crippen LogP contribution in [0.2, 0.25) is 0 Å². The first-order chi connectivity index (χ1) is 12.7. The molecule has 0 heterocycles. The lowest BCUT2D eigenvalue weighted by atomic mass is 9.46. The van der Waals surface area contributed by atoms with Crippen LogP contribution in [0.4, 0.5) is 0 Å². The second kappa shape index (κ2) is 6.02. The molecule has 0 aromatic rings. The zero-order valence-corrected chi connectivity index (χ0v) is 16.4. The van der Waals surface area contributed by atoms with Crippen molar-refractivity contribution in [2.45, 2.75) is 52.9 Å². The van der Waals surface area contributed by atoms with Gasteiger partial charge in [-0.3, -0.25) is 14.4 Å². The van der Waals surface area contributed by atoms with Crippen molar-refractivity contribution in [3.05, 3.63) is 36.1 Å². The van der Waals surface area contributed by atoms with Gasteiger partial charge in [0.05, 0.1) is 0 Å². The van der Waals surface area contributed by atoms with Crippen molar-refractivity contribution in [2.24, 2.45) is 34.5 Å². The third-order valence-electron chi connectivity index (χ3n) is 7.95. The topological polar surface area (TPSA) is 60.4 Å². The van der Waals surface area contributed by atoms with E-state index in [-0.39, 0.29) is 22.4 Å². The molecule has 6 atom stereocenters. The minimum absolute atomic E-state index is 0.212. The second-order valence-corrected chi connectivity index (χ2v) is 9.10. The number of rotatable bonds is 2. The van der Waals surface area contributed by atoms with Crippen LogP contribution < -0.4 is 0 Å². The van der Waals surface area contributed by atoms with Crippen LogP contribution in [0.25, 0.3) is 0 Å². The van der Waals surface area contributed by atoms with Gasteiger partial charge in [-0.1, -0.05) is 26.0 Å². The Kier molecular flexibility index (Phi) is 4.10. The number of carbonyl (C=O) groups is 3. The van der Waals surface area contributed by atoms with Crippen molar-refractivity contribution < 1.29 is 19.1 Å². The van der Waals surface area contributed by atoms with Gasteiger partial charge in [0, 0.05) is 24.2 Å². The number of fused-ring (bicyclic) bond motifs is 5. The first-order valence-electron chi connectivity index (χ1n) is 10.1. The average Bonchev–Trinajstić information content (AvgIpc) is 2.96. The Balaban J connectivity index is 1.80. The van der Waals surface area contributed by atoms with E-state index in [2.05, 4.69) is 20.4 Å². The number of allylic oxidation sites excluding steroid dienone is 4. The molecule has 0 saturated heterocycles. The van der Waals surface area contributed by atoms with Gasteiger partial charge < -0.3 is 4.74 Å². The number of ether oxygens (including phenoxy) is 1. The molecule has 4 heteroatoms. The van der Waals surface area contributed by atoms with Crippen LogP contribution in [0.1, 0.15) is 52.9 Å². The van der Waals surface area contributed by atoms with Gasteiger partial charge in [-0.25, -0.2) is 0 Å². The summed E-state index contributed by atoms with van der Waals surface area (Å²) >= 11 is 0. The second-order valence-electron chi connectivity index (χ2n) is 9.10. The zero-order valence-electron chi connectivity index (χ0n) is 16.4. The number of carbonyl (C=O) groups excluding carboxylic acids is 3. The van der Waals surface area contributed by atoms with Crippen LogP contribution in [0, 0.1) is 34.5 Å². The maximum absolute atomic E-state index is 12.7. The number of ketones is 2. The lowest BCUT2D eigenvalue weighted by Gasteiger charge is -2.58. The molecule has 0 aliphatic heterocycles. The Morgan fingerprint density at radius 3 is 2.70 bits per heavy atom. The number of hydrogen-bond acceptors (Lipinski definition) is 4. The minimum atomic E-state index is -0.450. The summed E-state index contributed by atoms with van der Waals surface area (Å²) in [6.45, 7) is 9.78. The fourth-order valence-electron chi connectivity index (χ4n) is 6.76. The van der Waals surface area contributed by atoms with Gasteiger partial charge in [-0.2, -0.15) is 0 Å². The fraction of sp³-hybridized carbons (Fsp3) is 0.609. The minimum Gasteiger partial charge on any atom is -0.423 e. The van der Waals surface area contributed by atoms with Crippen LogP contribution in [0.5, 0.6) is 0 Å². The highest BCUT2D eigenvalue weighted by Crippen LogP contribution is 2.65. The molecule has 144 valence electrons. The molecule has 0 unspecified atom stereocenters. The predicted octanol–water partition coefficient (Wildman–Crippen LogP) is 4.17. The fourth-order valence-corrected chi connectivity index (χ4v) is 6.76. The maximum Gasteiger partial charge on any atom is 0.308 e. The van der Waals surface area contributed by atoms with E-state index in [0.29, 0.717) is 35.9 Å². The zero-order chi connectivity index (χ0) is 19.6. The number of esters is 1. The van der Waals surface area contributed by atoms with Crippen molar-refractivity contribution in [2.75, 3.05) is 0 Å². The molecule has 4 nitrogen and oxygen atoms in total. The van der Waals surface area contributed by atoms with E-state index in [1.54, 1.807) is 6.08 Å². The SMILES string of the molecule is C=C[C@]12CC[C@H]3[C@@H]([C@H](C)CC4=C(OC(C)=O)C(=O)C=C[C@@]43C)[C@@H]1CCC2=O. The largest absolute Gasteiger partial charge is 0.423 e. The normalized spacial score (nSPS) is 43.1. The molecule has 0 amide bonds. The molecular formula is C23H28O4. The van der Waals surface area contributed by atoms with Crippen LogP contribution in [-0.4, -0.2) is 17.5 Å². The summed E-state index contributed by atoms with van der Waals surface area (Å²) in [5.41, 5.74) is 0.309. The summed E-state index contributed by atoms with van der Waals surface area (Å²) in [5, 5.41) is 0. The predicted molar refractivity (Wildman–Crippen MR) is 101 cm³/mol. The average molecular weight is 368 g/mol. The molecule has 0 bridgehead atoms. The van der Waals surface area contributed by atoms with E-state index in [1.807, 2.05) is 12.2 Å². The lowest BCUT2D eigenvalue weighted by molar-refractivity contribution is -0.140. The van der Waals surface area contributed by atoms with Crippen LogP contribution >= 0.6 is 0 Å². The van der Waals surface area contributed by atoms with E-state index in [1.165, 1.54) is 6.92 Å². The summed E-state index contributed by atoms with van der Waals surface area (Å²) in [6.07, 6.45) is 9.60. The highest BCUT2D eigenvalue weighted by Gasteiger charge is 2.61. The Morgan fingerprint density at radius 2 is 2.04 bits per heavy atom. The molecule has 3 saturated carbocycles. The summed E-state index contributed by atoms with van der Waals surface area (Å²) in [6, 6.07) is 0. The molecule has 0 spiro atoms. The summed E-state index contributed by atoms with van der Waals surface area (Å²) in [4.78, 5) is 36.7. The molecular weight excluding hydrogens is 340 g/mol. The van der Waals surface area contributed by atoms with Gasteiger partial charge in [0.25, 0.3) is 0 Å². The van der Waals surface area contributed by atoms with E-state index in [0.717, 1.165) is 31.3 Å². The van der Waals surface area contributed by atoms with Crippen molar-refractivity contribution >= 4 is 17.5 Å². The van der Waals surface area contributed by atoms with Gasteiger partial charge >= 0.3 is 5.97 Å². The van der Waals surface area contributed by atoms with E-state index in [9.17, 15) is 14.4 Å². The van der Waals surface area contributed by atoms with Crippen LogP contribution in [-0.2, 0) is 19.1 Å². The van der Waals surface area contributed by atoms with Gasteiger partial charge in [0.15, 0.2) is 5.76 Å². The molecule has 0 aromatic carbocycles. The monoisotopic (exact) mass is 368 g/mol. The molecule has 4 aliphatic rings. The summed E-state index contributed by atoms with van der Waals surface area (Å²) < 4.78 is 5.38. The smallest absolute Gasteiger partial charge is 0.308 e. The van der Waals surface area contributed by atoms with Gasteiger partial charge in [-0.05, 0) is 61.0 Å². The summed E-state index contributed by atoms with van der Waals surface area (Å²) in [5.74, 6) is 1.35. The quantitative estimate of drug-likeness (QED) is 0.542. The third-order valence-corrected chi connectivity index (χ3v) is 7.95. The maximum atomic E-state index is 12.7. The Hall–Kier alpha value is -1.97. The first kappa shape index (κ1) is 18.4. The molecule has 0 N–H and O–H groups in total. The Bertz CT molecular complexity index is 803. The van der Waals surface area contributed by atoms with Gasteiger partial charge in [0.2, 0.25) is 5.78 Å². The highest BCUT2D eigenvalue weighted by atomic mass is 16.5. The molecule has 4 aliphatic carbocycles. The van der Waals surface area contributed by atoms with Crippen molar-refractivity contribution in [3.8, 4) is 0 Å². The molecule has 3 fully saturated rings. The molecule has 27 heavy (non-hydrogen) atoms. The van der Waals surface area contributed by atoms with Crippen molar-refractivity contribution in [1.82, 2.24) is 0 Å². The lowest BCUT2D eigenvalue weighted by Crippen LogP contribution is -2.53. The molecule has 0 aromatic heterocycles. The number of hydrogen-bond donors (Lipinski definition) is 0. The van der Waals surface area contributed by atoms with Gasteiger partial charge in [-0.15, -0.1) is 6.58 Å². The Morgan fingerprint density at radius 1 is 1.30 bits per heavy atom. The van der Waals surface area contributed by atoms with E-state index in [4.69, 9.17) is 4.74 Å². The van der Waals surface area contributed by atoms with E-state index >= 15 is 0 Å². The van der Waals surface area contributed by atoms with Crippen LogP contribution in [0.15, 0.2) is 36.1 Å². The van der Waals surface area contributed by atoms with Crippen molar-refractivity contribution in [1.29, 1.82) is 0 Å². The Labute approximate surface area is 160 Å². The van der Waals surface area contributed by atoms with E-state index < -0.39 is 5.97 Å². The highest BCUT2D eigenvalue weighted by molar-refractivity contribution is 6.05. The third kappa shape index (κ3) is 2.38. The first-order valence-corrected chi connectivity index (χ1v) is 10.1. The standard InChI is InChI=1S/C23H28O4/c1-5-23-11-8-15-20(16(23)6-7-19(23)26)13(2)12-17-21(27-14(3)24)18(25)9-10-22(15,17)4/h5,9-10,13,15-16,20H,1,6-8,11-12H2,2-4H3/t13-,15+,16+,20-,22-,23+/m1/s1. The van der Waals surface area contributed by atoms with Crippen LogP contribution in [0.3, 0.4) is 0 Å².